The first-order valence-electron chi connectivity index (χ1n) is 7.56. The average molecular weight is 350 g/mol. The van der Waals surface area contributed by atoms with Crippen LogP contribution >= 0.6 is 0 Å². The van der Waals surface area contributed by atoms with E-state index >= 15 is 0 Å². The third-order valence-corrected chi connectivity index (χ3v) is 4.53. The Kier molecular flexibility index (Phi) is 4.63. The number of pyridine rings is 1. The standard InChI is InChI=1S/C15H18N4O4S/c1-24(21,22)18-12-5-3-7-19(10-12)15(20)13-8-14(23-17-13)11-4-2-6-16-9-11/h2,4,6,8-9,12,18H,3,5,7,10H2,1H3/t12-/m0/s1. The molecule has 2 aromatic heterocycles. The van der Waals surface area contributed by atoms with Crippen molar-refractivity contribution in [3.63, 3.8) is 0 Å². The third-order valence-electron chi connectivity index (χ3n) is 3.76. The number of hydrogen-bond acceptors (Lipinski definition) is 6. The minimum absolute atomic E-state index is 0.203. The maximum absolute atomic E-state index is 12.6. The first-order valence-corrected chi connectivity index (χ1v) is 9.45. The molecule has 0 saturated carbocycles. The number of likely N-dealkylation sites (tertiary alicyclic amines) is 1. The molecule has 0 aliphatic carbocycles. The van der Waals surface area contributed by atoms with Gasteiger partial charge in [-0.25, -0.2) is 13.1 Å². The second-order valence-electron chi connectivity index (χ2n) is 5.80. The second kappa shape index (κ2) is 6.70. The molecule has 1 N–H and O–H groups in total. The highest BCUT2D eigenvalue weighted by Gasteiger charge is 2.28. The molecule has 0 aromatic carbocycles. The SMILES string of the molecule is CS(=O)(=O)N[C@H]1CCCN(C(=O)c2cc(-c3cccnc3)on2)C1. The van der Waals surface area contributed by atoms with Crippen LogP contribution in [0.2, 0.25) is 0 Å². The molecule has 24 heavy (non-hydrogen) atoms. The summed E-state index contributed by atoms with van der Waals surface area (Å²) in [6, 6.07) is 4.88. The molecule has 3 rings (SSSR count). The number of nitrogens with zero attached hydrogens (tertiary/aromatic N) is 3. The van der Waals surface area contributed by atoms with Gasteiger partial charge in [0.15, 0.2) is 11.5 Å². The van der Waals surface area contributed by atoms with Crippen LogP contribution in [0.4, 0.5) is 0 Å². The summed E-state index contributed by atoms with van der Waals surface area (Å²) in [5.41, 5.74) is 0.938. The highest BCUT2D eigenvalue weighted by molar-refractivity contribution is 7.88. The summed E-state index contributed by atoms with van der Waals surface area (Å²) in [6.45, 7) is 0.886. The van der Waals surface area contributed by atoms with Crippen molar-refractivity contribution in [2.75, 3.05) is 19.3 Å². The molecule has 3 heterocycles. The number of carbonyl (C=O) groups excluding carboxylic acids is 1. The van der Waals surface area contributed by atoms with E-state index < -0.39 is 10.0 Å². The largest absolute Gasteiger partial charge is 0.355 e. The van der Waals surface area contributed by atoms with E-state index in [2.05, 4.69) is 14.9 Å². The van der Waals surface area contributed by atoms with Gasteiger partial charge < -0.3 is 9.42 Å². The van der Waals surface area contributed by atoms with Crippen LogP contribution in [0.5, 0.6) is 0 Å². The molecule has 0 bridgehead atoms. The van der Waals surface area contributed by atoms with E-state index in [0.29, 0.717) is 25.3 Å². The summed E-state index contributed by atoms with van der Waals surface area (Å²) in [5.74, 6) is 0.197. The van der Waals surface area contributed by atoms with Gasteiger partial charge in [-0.15, -0.1) is 0 Å². The van der Waals surface area contributed by atoms with Crippen LogP contribution in [0, 0.1) is 0 Å². The molecular formula is C15H18N4O4S. The zero-order valence-electron chi connectivity index (χ0n) is 13.2. The summed E-state index contributed by atoms with van der Waals surface area (Å²) in [6.07, 6.45) is 5.82. The first kappa shape index (κ1) is 16.6. The van der Waals surface area contributed by atoms with Gasteiger partial charge in [0.2, 0.25) is 10.0 Å². The van der Waals surface area contributed by atoms with Gasteiger partial charge in [-0.2, -0.15) is 0 Å². The second-order valence-corrected chi connectivity index (χ2v) is 7.58. The number of rotatable bonds is 4. The maximum atomic E-state index is 12.6. The van der Waals surface area contributed by atoms with Gasteiger partial charge in [0.25, 0.3) is 5.91 Å². The van der Waals surface area contributed by atoms with E-state index in [-0.39, 0.29) is 17.6 Å². The molecule has 1 atom stereocenters. The Hall–Kier alpha value is -2.26. The first-order chi connectivity index (χ1) is 11.4. The Morgan fingerprint density at radius 1 is 1.46 bits per heavy atom. The van der Waals surface area contributed by atoms with Crippen molar-refractivity contribution in [3.8, 4) is 11.3 Å². The number of amides is 1. The van der Waals surface area contributed by atoms with E-state index in [1.807, 2.05) is 6.07 Å². The highest BCUT2D eigenvalue weighted by atomic mass is 32.2. The van der Waals surface area contributed by atoms with E-state index in [4.69, 9.17) is 4.52 Å². The van der Waals surface area contributed by atoms with Gasteiger partial charge in [-0.1, -0.05) is 5.16 Å². The lowest BCUT2D eigenvalue weighted by atomic mass is 10.1. The molecule has 0 radical (unpaired) electrons. The van der Waals surface area contributed by atoms with Crippen molar-refractivity contribution in [1.82, 2.24) is 19.8 Å². The van der Waals surface area contributed by atoms with Gasteiger partial charge in [-0.3, -0.25) is 9.78 Å². The van der Waals surface area contributed by atoms with Crippen molar-refractivity contribution >= 4 is 15.9 Å². The van der Waals surface area contributed by atoms with Crippen molar-refractivity contribution in [2.45, 2.75) is 18.9 Å². The number of aromatic nitrogens is 2. The van der Waals surface area contributed by atoms with E-state index in [1.54, 1.807) is 29.4 Å². The Balaban J connectivity index is 1.71. The van der Waals surface area contributed by atoms with Gasteiger partial charge in [0.05, 0.1) is 6.26 Å². The molecule has 8 nitrogen and oxygen atoms in total. The minimum Gasteiger partial charge on any atom is -0.355 e. The molecule has 0 unspecified atom stereocenters. The Labute approximate surface area is 139 Å². The molecule has 2 aromatic rings. The van der Waals surface area contributed by atoms with Crippen LogP contribution in [0.1, 0.15) is 23.3 Å². The average Bonchev–Trinajstić information content (AvgIpc) is 3.03. The van der Waals surface area contributed by atoms with Gasteiger partial charge in [-0.05, 0) is 25.0 Å². The fraction of sp³-hybridized carbons (Fsp3) is 0.400. The fourth-order valence-electron chi connectivity index (χ4n) is 2.74. The lowest BCUT2D eigenvalue weighted by Crippen LogP contribution is -2.49. The van der Waals surface area contributed by atoms with E-state index in [1.165, 1.54) is 0 Å². The summed E-state index contributed by atoms with van der Waals surface area (Å²) in [5, 5.41) is 3.83. The van der Waals surface area contributed by atoms with Crippen LogP contribution in [0.25, 0.3) is 11.3 Å². The van der Waals surface area contributed by atoms with Crippen LogP contribution in [0.15, 0.2) is 35.1 Å². The molecular weight excluding hydrogens is 332 g/mol. The lowest BCUT2D eigenvalue weighted by Gasteiger charge is -2.32. The predicted molar refractivity (Wildman–Crippen MR) is 86.6 cm³/mol. The molecule has 9 heteroatoms. The summed E-state index contributed by atoms with van der Waals surface area (Å²) in [7, 11) is -3.30. The smallest absolute Gasteiger partial charge is 0.276 e. The maximum Gasteiger partial charge on any atom is 0.276 e. The van der Waals surface area contributed by atoms with Crippen LogP contribution < -0.4 is 4.72 Å². The zero-order valence-corrected chi connectivity index (χ0v) is 14.0. The molecule has 128 valence electrons. The molecule has 1 fully saturated rings. The quantitative estimate of drug-likeness (QED) is 0.878. The highest BCUT2D eigenvalue weighted by Crippen LogP contribution is 2.21. The van der Waals surface area contributed by atoms with Crippen molar-refractivity contribution in [3.05, 3.63) is 36.3 Å². The number of carbonyl (C=O) groups is 1. The van der Waals surface area contributed by atoms with Crippen molar-refractivity contribution in [1.29, 1.82) is 0 Å². The zero-order chi connectivity index (χ0) is 17.2. The topological polar surface area (TPSA) is 105 Å². The molecule has 1 saturated heterocycles. The van der Waals surface area contributed by atoms with Gasteiger partial charge in [0.1, 0.15) is 0 Å². The number of sulfonamides is 1. The van der Waals surface area contributed by atoms with Gasteiger partial charge in [0, 0.05) is 43.2 Å². The van der Waals surface area contributed by atoms with Crippen molar-refractivity contribution in [2.24, 2.45) is 0 Å². The monoisotopic (exact) mass is 350 g/mol. The Morgan fingerprint density at radius 2 is 2.29 bits per heavy atom. The fourth-order valence-corrected chi connectivity index (χ4v) is 3.54. The van der Waals surface area contributed by atoms with E-state index in [0.717, 1.165) is 18.2 Å². The summed E-state index contributed by atoms with van der Waals surface area (Å²) in [4.78, 5) is 18.2. The Bertz CT molecular complexity index is 819. The molecule has 1 aliphatic rings. The lowest BCUT2D eigenvalue weighted by molar-refractivity contribution is 0.0692. The van der Waals surface area contributed by atoms with Crippen molar-refractivity contribution < 1.29 is 17.7 Å². The van der Waals surface area contributed by atoms with E-state index in [9.17, 15) is 13.2 Å². The molecule has 0 spiro atoms. The number of nitrogens with one attached hydrogen (secondary N) is 1. The van der Waals surface area contributed by atoms with Gasteiger partial charge >= 0.3 is 0 Å². The van der Waals surface area contributed by atoms with Crippen LogP contribution in [0.3, 0.4) is 0 Å². The number of hydrogen-bond donors (Lipinski definition) is 1. The normalized spacial score (nSPS) is 18.5. The van der Waals surface area contributed by atoms with Crippen LogP contribution in [-0.4, -0.2) is 54.8 Å². The summed E-state index contributed by atoms with van der Waals surface area (Å²) < 4.78 is 30.5. The summed E-state index contributed by atoms with van der Waals surface area (Å²) >= 11 is 0. The number of piperidine rings is 1. The molecule has 1 amide bonds. The third kappa shape index (κ3) is 3.98. The Morgan fingerprint density at radius 3 is 3.00 bits per heavy atom. The molecule has 1 aliphatic heterocycles. The minimum atomic E-state index is -3.30. The van der Waals surface area contributed by atoms with Crippen LogP contribution in [-0.2, 0) is 10.0 Å². The predicted octanol–water partition coefficient (Wildman–Crippen LogP) is 0.890.